The van der Waals surface area contributed by atoms with E-state index < -0.39 is 6.04 Å². The molecule has 32 heavy (non-hydrogen) atoms. The first-order chi connectivity index (χ1) is 15.6. The van der Waals surface area contributed by atoms with Crippen LogP contribution in [0.25, 0.3) is 22.1 Å². The molecule has 1 aliphatic carbocycles. The number of likely N-dealkylation sites (tertiary alicyclic amines) is 1. The van der Waals surface area contributed by atoms with Crippen LogP contribution in [-0.2, 0) is 16.0 Å². The summed E-state index contributed by atoms with van der Waals surface area (Å²) in [5, 5.41) is 11.7. The monoisotopic (exact) mass is 429 g/mol. The molecule has 0 bridgehead atoms. The molecule has 9 nitrogen and oxygen atoms in total. The minimum absolute atomic E-state index is 0.0169. The molecule has 4 aromatic heterocycles. The lowest BCUT2D eigenvalue weighted by atomic mass is 10.0. The number of anilines is 1. The lowest BCUT2D eigenvalue weighted by Gasteiger charge is -2.23. The number of aryl methyl sites for hydroxylation is 1. The zero-order valence-corrected chi connectivity index (χ0v) is 17.5. The molecule has 1 spiro atoms. The van der Waals surface area contributed by atoms with E-state index in [4.69, 9.17) is 0 Å². The average molecular weight is 429 g/mol. The van der Waals surface area contributed by atoms with Crippen molar-refractivity contribution in [1.82, 2.24) is 30.0 Å². The van der Waals surface area contributed by atoms with Crippen molar-refractivity contribution in [2.24, 2.45) is 5.41 Å². The first kappa shape index (κ1) is 19.0. The largest absolute Gasteiger partial charge is 0.346 e. The highest BCUT2D eigenvalue weighted by Gasteiger charge is 2.55. The Morgan fingerprint density at radius 2 is 1.97 bits per heavy atom. The van der Waals surface area contributed by atoms with Crippen LogP contribution in [0.15, 0.2) is 42.9 Å². The number of aromatic amines is 2. The molecule has 3 N–H and O–H groups in total. The van der Waals surface area contributed by atoms with Gasteiger partial charge < -0.3 is 15.2 Å². The quantitative estimate of drug-likeness (QED) is 0.451. The van der Waals surface area contributed by atoms with Gasteiger partial charge in [-0.05, 0) is 60.9 Å². The molecule has 1 aliphatic heterocycles. The number of carbonyl (C=O) groups is 2. The average Bonchev–Trinajstić information content (AvgIpc) is 3.14. The fourth-order valence-electron chi connectivity index (χ4n) is 4.85. The van der Waals surface area contributed by atoms with Crippen molar-refractivity contribution in [3.05, 3.63) is 48.4 Å². The molecule has 0 radical (unpaired) electrons. The normalized spacial score (nSPS) is 19.1. The topological polar surface area (TPSA) is 120 Å². The highest BCUT2D eigenvalue weighted by atomic mass is 16.2. The van der Waals surface area contributed by atoms with Crippen molar-refractivity contribution < 1.29 is 9.59 Å². The Morgan fingerprint density at radius 3 is 2.81 bits per heavy atom. The van der Waals surface area contributed by atoms with Crippen molar-refractivity contribution in [2.75, 3.05) is 11.9 Å². The maximum absolute atomic E-state index is 13.2. The predicted octanol–water partition coefficient (Wildman–Crippen LogP) is 2.79. The number of amides is 2. The Kier molecular flexibility index (Phi) is 4.24. The second-order valence-corrected chi connectivity index (χ2v) is 8.92. The summed E-state index contributed by atoms with van der Waals surface area (Å²) >= 11 is 0. The fourth-order valence-corrected chi connectivity index (χ4v) is 4.85. The van der Waals surface area contributed by atoms with Crippen molar-refractivity contribution in [2.45, 2.75) is 38.1 Å². The SMILES string of the molecule is O=C(Nc1[nH]nc2ncccc12)[C@H]1CC2(CC2)CN1C(=O)CCc1c[nH]c2ncccc12. The van der Waals surface area contributed by atoms with E-state index in [-0.39, 0.29) is 17.2 Å². The second kappa shape index (κ2) is 7.15. The van der Waals surface area contributed by atoms with E-state index >= 15 is 0 Å². The van der Waals surface area contributed by atoms with E-state index in [1.54, 1.807) is 23.4 Å². The van der Waals surface area contributed by atoms with Gasteiger partial charge in [0.25, 0.3) is 0 Å². The molecule has 162 valence electrons. The van der Waals surface area contributed by atoms with E-state index in [2.05, 4.69) is 30.5 Å². The Labute approximate surface area is 183 Å². The van der Waals surface area contributed by atoms with Gasteiger partial charge in [0.15, 0.2) is 5.65 Å². The van der Waals surface area contributed by atoms with Gasteiger partial charge in [0.2, 0.25) is 11.8 Å². The van der Waals surface area contributed by atoms with Crippen LogP contribution in [0.1, 0.15) is 31.2 Å². The van der Waals surface area contributed by atoms with Crippen molar-refractivity contribution in [3.8, 4) is 0 Å². The minimum atomic E-state index is -0.468. The van der Waals surface area contributed by atoms with E-state index in [0.29, 0.717) is 37.3 Å². The van der Waals surface area contributed by atoms with Gasteiger partial charge in [0, 0.05) is 36.9 Å². The first-order valence-corrected chi connectivity index (χ1v) is 10.9. The third-order valence-corrected chi connectivity index (χ3v) is 6.81. The number of fused-ring (bicyclic) bond motifs is 2. The van der Waals surface area contributed by atoms with E-state index in [1.807, 2.05) is 24.4 Å². The summed E-state index contributed by atoms with van der Waals surface area (Å²) in [6, 6.07) is 7.10. The van der Waals surface area contributed by atoms with E-state index in [9.17, 15) is 9.59 Å². The van der Waals surface area contributed by atoms with Crippen LogP contribution < -0.4 is 5.32 Å². The molecule has 2 amide bonds. The van der Waals surface area contributed by atoms with Gasteiger partial charge in [-0.2, -0.15) is 5.10 Å². The number of carbonyl (C=O) groups excluding carboxylic acids is 2. The van der Waals surface area contributed by atoms with Gasteiger partial charge in [-0.3, -0.25) is 14.7 Å². The molecular formula is C23H23N7O2. The van der Waals surface area contributed by atoms with Gasteiger partial charge in [0.05, 0.1) is 5.39 Å². The number of rotatable bonds is 5. The number of hydrogen-bond acceptors (Lipinski definition) is 5. The van der Waals surface area contributed by atoms with Crippen molar-refractivity contribution >= 4 is 39.7 Å². The molecule has 1 saturated carbocycles. The Morgan fingerprint density at radius 1 is 1.16 bits per heavy atom. The lowest BCUT2D eigenvalue weighted by Crippen LogP contribution is -2.43. The summed E-state index contributed by atoms with van der Waals surface area (Å²) in [6.45, 7) is 0.657. The predicted molar refractivity (Wildman–Crippen MR) is 119 cm³/mol. The number of aromatic nitrogens is 5. The van der Waals surface area contributed by atoms with Crippen LogP contribution in [0, 0.1) is 5.41 Å². The zero-order chi connectivity index (χ0) is 21.7. The maximum atomic E-state index is 13.2. The minimum Gasteiger partial charge on any atom is -0.346 e. The molecule has 0 aromatic carbocycles. The summed E-state index contributed by atoms with van der Waals surface area (Å²) in [5.74, 6) is 0.365. The lowest BCUT2D eigenvalue weighted by molar-refractivity contribution is -0.136. The van der Waals surface area contributed by atoms with Gasteiger partial charge >= 0.3 is 0 Å². The summed E-state index contributed by atoms with van der Waals surface area (Å²) in [6.07, 6.45) is 9.15. The summed E-state index contributed by atoms with van der Waals surface area (Å²) in [7, 11) is 0. The van der Waals surface area contributed by atoms with Crippen LogP contribution in [0.3, 0.4) is 0 Å². The van der Waals surface area contributed by atoms with Gasteiger partial charge in [-0.15, -0.1) is 0 Å². The van der Waals surface area contributed by atoms with E-state index in [1.165, 1.54) is 0 Å². The molecular weight excluding hydrogens is 406 g/mol. The van der Waals surface area contributed by atoms with Gasteiger partial charge in [0.1, 0.15) is 17.5 Å². The van der Waals surface area contributed by atoms with Crippen LogP contribution >= 0.6 is 0 Å². The number of pyridine rings is 2. The van der Waals surface area contributed by atoms with Crippen molar-refractivity contribution in [1.29, 1.82) is 0 Å². The molecule has 0 unspecified atom stereocenters. The van der Waals surface area contributed by atoms with Crippen molar-refractivity contribution in [3.63, 3.8) is 0 Å². The molecule has 2 aliphatic rings. The Bertz CT molecular complexity index is 1340. The van der Waals surface area contributed by atoms with Crippen LogP contribution in [0.2, 0.25) is 0 Å². The van der Waals surface area contributed by atoms with Crippen LogP contribution in [0.4, 0.5) is 5.82 Å². The number of H-pyrrole nitrogens is 2. The Balaban J connectivity index is 1.18. The third-order valence-electron chi connectivity index (χ3n) is 6.81. The molecule has 9 heteroatoms. The fraction of sp³-hybridized carbons (Fsp3) is 0.348. The number of hydrogen-bond donors (Lipinski definition) is 3. The summed E-state index contributed by atoms with van der Waals surface area (Å²) in [5.41, 5.74) is 2.56. The molecule has 1 atom stereocenters. The van der Waals surface area contributed by atoms with Gasteiger partial charge in [-0.1, -0.05) is 0 Å². The van der Waals surface area contributed by atoms with Crippen LogP contribution in [-0.4, -0.2) is 54.5 Å². The third kappa shape index (κ3) is 3.21. The Hall–Kier alpha value is -3.75. The first-order valence-electron chi connectivity index (χ1n) is 10.9. The smallest absolute Gasteiger partial charge is 0.248 e. The second-order valence-electron chi connectivity index (χ2n) is 8.92. The molecule has 1 saturated heterocycles. The number of nitrogens with one attached hydrogen (secondary N) is 3. The van der Waals surface area contributed by atoms with E-state index in [0.717, 1.165) is 34.8 Å². The molecule has 6 rings (SSSR count). The highest BCUT2D eigenvalue weighted by Crippen LogP contribution is 2.55. The standard InChI is InChI=1S/C23H23N7O2/c31-18(6-5-14-12-26-19-15(14)3-1-9-24-19)30-13-23(7-8-23)11-17(30)22(32)27-21-16-4-2-10-25-20(16)28-29-21/h1-4,9-10,12,17H,5-8,11,13H2,(H,24,26)(H2,25,27,28,29,32)/t17-/m1/s1. The zero-order valence-electron chi connectivity index (χ0n) is 17.5. The van der Waals surface area contributed by atoms with Gasteiger partial charge in [-0.25, -0.2) is 9.97 Å². The maximum Gasteiger partial charge on any atom is 0.248 e. The summed E-state index contributed by atoms with van der Waals surface area (Å²) < 4.78 is 0. The molecule has 4 aromatic rings. The van der Waals surface area contributed by atoms with Crippen LogP contribution in [0.5, 0.6) is 0 Å². The number of nitrogens with zero attached hydrogens (tertiary/aromatic N) is 4. The summed E-state index contributed by atoms with van der Waals surface area (Å²) in [4.78, 5) is 39.9. The highest BCUT2D eigenvalue weighted by molar-refractivity contribution is 6.02. The molecule has 2 fully saturated rings. The molecule has 5 heterocycles.